The maximum absolute atomic E-state index is 8.75. The van der Waals surface area contributed by atoms with Crippen LogP contribution in [0, 0.1) is 11.3 Å². The molecule has 1 aromatic rings. The average molecular weight is 211 g/mol. The molecule has 1 heterocycles. The van der Waals surface area contributed by atoms with Gasteiger partial charge in [-0.15, -0.1) is 0 Å². The molecule has 0 radical (unpaired) electrons. The van der Waals surface area contributed by atoms with Crippen LogP contribution in [0.15, 0.2) is 22.1 Å². The number of oxazole rings is 1. The van der Waals surface area contributed by atoms with Crippen molar-refractivity contribution in [3.8, 4) is 6.07 Å². The second-order valence-corrected chi connectivity index (χ2v) is 3.72. The van der Waals surface area contributed by atoms with Crippen molar-refractivity contribution in [2.24, 2.45) is 0 Å². The van der Waals surface area contributed by atoms with Gasteiger partial charge in [-0.05, 0) is 13.0 Å². The Kier molecular flexibility index (Phi) is 5.12. The Labute approximate surface area is 87.7 Å². The van der Waals surface area contributed by atoms with Crippen LogP contribution in [0.4, 0.5) is 0 Å². The predicted molar refractivity (Wildman–Crippen MR) is 54.9 cm³/mol. The molecule has 0 saturated carbocycles. The summed E-state index contributed by atoms with van der Waals surface area (Å²) >= 11 is 1.53. The van der Waals surface area contributed by atoms with Gasteiger partial charge in [-0.25, -0.2) is 4.98 Å². The molecule has 14 heavy (non-hydrogen) atoms. The summed E-state index contributed by atoms with van der Waals surface area (Å²) in [6.07, 6.45) is 3.97. The van der Waals surface area contributed by atoms with E-state index in [9.17, 15) is 0 Å². The standard InChI is InChI=1S/C9H13N3OS/c1-2-11-8(7-10)3-6-14-9-12-4-5-13-9/h4-5,8,11H,2-3,6H2,1H3. The van der Waals surface area contributed by atoms with Crippen LogP contribution in [0.25, 0.3) is 0 Å². The minimum Gasteiger partial charge on any atom is -0.440 e. The highest BCUT2D eigenvalue weighted by atomic mass is 32.2. The zero-order valence-electron chi connectivity index (χ0n) is 8.06. The molecule has 1 aromatic heterocycles. The van der Waals surface area contributed by atoms with Gasteiger partial charge in [0.2, 0.25) is 0 Å². The monoisotopic (exact) mass is 211 g/mol. The zero-order valence-corrected chi connectivity index (χ0v) is 8.88. The third kappa shape index (κ3) is 3.81. The second kappa shape index (κ2) is 6.46. The molecule has 1 N–H and O–H groups in total. The Morgan fingerprint density at radius 2 is 2.64 bits per heavy atom. The van der Waals surface area contributed by atoms with Gasteiger partial charge in [-0.1, -0.05) is 18.7 Å². The van der Waals surface area contributed by atoms with Crippen molar-refractivity contribution in [3.63, 3.8) is 0 Å². The van der Waals surface area contributed by atoms with Crippen LogP contribution in [0.3, 0.4) is 0 Å². The molecular formula is C9H13N3OS. The van der Waals surface area contributed by atoms with Crippen molar-refractivity contribution in [2.75, 3.05) is 12.3 Å². The van der Waals surface area contributed by atoms with Gasteiger partial charge in [0.1, 0.15) is 6.26 Å². The number of rotatable bonds is 6. The lowest BCUT2D eigenvalue weighted by molar-refractivity contribution is 0.453. The van der Waals surface area contributed by atoms with Gasteiger partial charge < -0.3 is 9.73 Å². The molecule has 1 rings (SSSR count). The zero-order chi connectivity index (χ0) is 10.2. The van der Waals surface area contributed by atoms with Crippen molar-refractivity contribution in [2.45, 2.75) is 24.6 Å². The van der Waals surface area contributed by atoms with Crippen LogP contribution >= 0.6 is 11.8 Å². The van der Waals surface area contributed by atoms with Crippen molar-refractivity contribution in [3.05, 3.63) is 12.5 Å². The third-order valence-electron chi connectivity index (χ3n) is 1.65. The molecular weight excluding hydrogens is 198 g/mol. The summed E-state index contributed by atoms with van der Waals surface area (Å²) in [7, 11) is 0. The van der Waals surface area contributed by atoms with E-state index in [1.165, 1.54) is 11.8 Å². The van der Waals surface area contributed by atoms with Crippen molar-refractivity contribution < 1.29 is 4.42 Å². The van der Waals surface area contributed by atoms with Gasteiger partial charge in [-0.3, -0.25) is 0 Å². The van der Waals surface area contributed by atoms with Crippen LogP contribution < -0.4 is 5.32 Å². The number of nitriles is 1. The fraction of sp³-hybridized carbons (Fsp3) is 0.556. The van der Waals surface area contributed by atoms with Crippen molar-refractivity contribution in [1.82, 2.24) is 10.3 Å². The van der Waals surface area contributed by atoms with Crippen LogP contribution in [-0.4, -0.2) is 23.3 Å². The van der Waals surface area contributed by atoms with Crippen molar-refractivity contribution >= 4 is 11.8 Å². The first kappa shape index (κ1) is 11.1. The number of hydrogen-bond acceptors (Lipinski definition) is 5. The van der Waals surface area contributed by atoms with E-state index in [-0.39, 0.29) is 6.04 Å². The molecule has 0 aliphatic heterocycles. The SMILES string of the molecule is CCNC(C#N)CCSc1ncco1. The van der Waals surface area contributed by atoms with Crippen LogP contribution in [-0.2, 0) is 0 Å². The molecule has 0 amide bonds. The molecule has 0 aliphatic carbocycles. The number of thioether (sulfide) groups is 1. The summed E-state index contributed by atoms with van der Waals surface area (Å²) in [5.41, 5.74) is 0. The van der Waals surface area contributed by atoms with Gasteiger partial charge in [0.15, 0.2) is 0 Å². The number of nitrogens with zero attached hydrogens (tertiary/aromatic N) is 2. The number of aromatic nitrogens is 1. The Balaban J connectivity index is 2.17. The predicted octanol–water partition coefficient (Wildman–Crippen LogP) is 1.66. The molecule has 4 nitrogen and oxygen atoms in total. The van der Waals surface area contributed by atoms with Gasteiger partial charge in [0, 0.05) is 5.75 Å². The smallest absolute Gasteiger partial charge is 0.255 e. The number of nitrogens with one attached hydrogen (secondary N) is 1. The van der Waals surface area contributed by atoms with Crippen LogP contribution in [0.1, 0.15) is 13.3 Å². The second-order valence-electron chi connectivity index (χ2n) is 2.67. The topological polar surface area (TPSA) is 61.9 Å². The Hall–Kier alpha value is -0.990. The van der Waals surface area contributed by atoms with E-state index in [1.54, 1.807) is 12.5 Å². The third-order valence-corrected chi connectivity index (χ3v) is 2.54. The Bertz CT molecular complexity index is 281. The van der Waals surface area contributed by atoms with Crippen LogP contribution in [0.5, 0.6) is 0 Å². The van der Waals surface area contributed by atoms with E-state index in [1.807, 2.05) is 6.92 Å². The molecule has 1 atom stereocenters. The van der Waals surface area contributed by atoms with E-state index in [0.29, 0.717) is 5.22 Å². The van der Waals surface area contributed by atoms with E-state index in [4.69, 9.17) is 9.68 Å². The summed E-state index contributed by atoms with van der Waals surface area (Å²) in [6.45, 7) is 2.81. The first-order chi connectivity index (χ1) is 6.86. The largest absolute Gasteiger partial charge is 0.440 e. The summed E-state index contributed by atoms with van der Waals surface area (Å²) in [4.78, 5) is 3.98. The molecule has 0 bridgehead atoms. The van der Waals surface area contributed by atoms with Gasteiger partial charge in [-0.2, -0.15) is 5.26 Å². The molecule has 1 unspecified atom stereocenters. The van der Waals surface area contributed by atoms with Crippen LogP contribution in [0.2, 0.25) is 0 Å². The Morgan fingerprint density at radius 3 is 3.21 bits per heavy atom. The fourth-order valence-corrected chi connectivity index (χ4v) is 1.79. The van der Waals surface area contributed by atoms with E-state index in [2.05, 4.69) is 16.4 Å². The van der Waals surface area contributed by atoms with E-state index >= 15 is 0 Å². The van der Waals surface area contributed by atoms with E-state index < -0.39 is 0 Å². The lowest BCUT2D eigenvalue weighted by Gasteiger charge is -2.07. The lowest BCUT2D eigenvalue weighted by Crippen LogP contribution is -2.27. The Morgan fingerprint density at radius 1 is 1.79 bits per heavy atom. The molecule has 0 aromatic carbocycles. The van der Waals surface area contributed by atoms with Gasteiger partial charge in [0.25, 0.3) is 5.22 Å². The molecule has 5 heteroatoms. The lowest BCUT2D eigenvalue weighted by atomic mass is 10.2. The molecule has 0 aliphatic rings. The summed E-state index contributed by atoms with van der Waals surface area (Å²) < 4.78 is 5.06. The van der Waals surface area contributed by atoms with E-state index in [0.717, 1.165) is 18.7 Å². The first-order valence-electron chi connectivity index (χ1n) is 4.52. The average Bonchev–Trinajstić information content (AvgIpc) is 2.69. The molecule has 0 fully saturated rings. The highest BCUT2D eigenvalue weighted by Crippen LogP contribution is 2.16. The molecule has 0 spiro atoms. The number of hydrogen-bond donors (Lipinski definition) is 1. The highest BCUT2D eigenvalue weighted by Gasteiger charge is 2.06. The fourth-order valence-electron chi connectivity index (χ4n) is 1.00. The summed E-state index contributed by atoms with van der Waals surface area (Å²) in [6, 6.07) is 2.14. The molecule has 0 saturated heterocycles. The maximum Gasteiger partial charge on any atom is 0.255 e. The minimum atomic E-state index is -0.0672. The quantitative estimate of drug-likeness (QED) is 0.725. The first-order valence-corrected chi connectivity index (χ1v) is 5.50. The summed E-state index contributed by atoms with van der Waals surface area (Å²) in [5.74, 6) is 0.839. The van der Waals surface area contributed by atoms with Crippen molar-refractivity contribution in [1.29, 1.82) is 5.26 Å². The highest BCUT2D eigenvalue weighted by molar-refractivity contribution is 7.99. The molecule has 76 valence electrons. The van der Waals surface area contributed by atoms with Gasteiger partial charge >= 0.3 is 0 Å². The van der Waals surface area contributed by atoms with Gasteiger partial charge in [0.05, 0.1) is 18.3 Å². The minimum absolute atomic E-state index is 0.0672. The maximum atomic E-state index is 8.75. The summed E-state index contributed by atoms with van der Waals surface area (Å²) in [5, 5.41) is 12.5. The normalized spacial score (nSPS) is 12.3.